The molecule has 0 radical (unpaired) electrons. The fraction of sp³-hybridized carbons (Fsp3) is 0.435. The van der Waals surface area contributed by atoms with E-state index < -0.39 is 0 Å². The van der Waals surface area contributed by atoms with Gasteiger partial charge in [-0.3, -0.25) is 4.79 Å². The van der Waals surface area contributed by atoms with Gasteiger partial charge >= 0.3 is 0 Å². The Hall–Kier alpha value is -2.29. The molecule has 0 saturated carbocycles. The average molecular weight is 351 g/mol. The minimum Gasteiger partial charge on any atom is -0.484 e. The molecule has 0 fully saturated rings. The molecule has 0 aliphatic heterocycles. The first-order valence-corrected chi connectivity index (χ1v) is 9.82. The number of fused-ring (bicyclic) bond motifs is 1. The van der Waals surface area contributed by atoms with Gasteiger partial charge in [-0.15, -0.1) is 0 Å². The van der Waals surface area contributed by atoms with Crippen molar-refractivity contribution in [2.45, 2.75) is 58.4 Å². The van der Waals surface area contributed by atoms with Crippen LogP contribution in [-0.4, -0.2) is 12.5 Å². The van der Waals surface area contributed by atoms with Gasteiger partial charge < -0.3 is 10.1 Å². The first-order chi connectivity index (χ1) is 12.7. The molecule has 3 rings (SSSR count). The van der Waals surface area contributed by atoms with Crippen LogP contribution in [0.3, 0.4) is 0 Å². The van der Waals surface area contributed by atoms with Crippen molar-refractivity contribution in [1.82, 2.24) is 5.32 Å². The third kappa shape index (κ3) is 4.66. The summed E-state index contributed by atoms with van der Waals surface area (Å²) in [6.45, 7) is 4.27. The molecule has 2 aromatic carbocycles. The summed E-state index contributed by atoms with van der Waals surface area (Å²) < 4.78 is 5.63. The Morgan fingerprint density at radius 2 is 1.77 bits per heavy atom. The number of carbonyl (C=O) groups excluding carboxylic acids is 1. The summed E-state index contributed by atoms with van der Waals surface area (Å²) in [6.07, 6.45) is 6.77. The van der Waals surface area contributed by atoms with Crippen molar-refractivity contribution in [1.29, 1.82) is 0 Å². The SMILES string of the molecule is CCc1ccc(OCC(=O)NC(CC)c2ccc3c(c2)CCCC3)cc1. The zero-order valence-corrected chi connectivity index (χ0v) is 15.9. The van der Waals surface area contributed by atoms with Gasteiger partial charge in [-0.1, -0.05) is 44.2 Å². The molecule has 1 amide bonds. The molecule has 26 heavy (non-hydrogen) atoms. The van der Waals surface area contributed by atoms with E-state index in [1.54, 1.807) is 0 Å². The Labute approximate surface area is 156 Å². The van der Waals surface area contributed by atoms with E-state index in [0.717, 1.165) is 25.0 Å². The molecule has 0 bridgehead atoms. The first-order valence-electron chi connectivity index (χ1n) is 9.82. The van der Waals surface area contributed by atoms with E-state index in [4.69, 9.17) is 4.74 Å². The predicted molar refractivity (Wildman–Crippen MR) is 106 cm³/mol. The van der Waals surface area contributed by atoms with Gasteiger partial charge in [-0.2, -0.15) is 0 Å². The van der Waals surface area contributed by atoms with Crippen LogP contribution in [-0.2, 0) is 24.1 Å². The first kappa shape index (κ1) is 18.5. The standard InChI is InChI=1S/C23H29NO2/c1-3-17-9-13-21(14-10-17)26-16-23(25)24-22(4-2)20-12-11-18-7-5-6-8-19(18)15-20/h9-15,22H,3-8,16H2,1-2H3,(H,24,25). The molecule has 0 heterocycles. The summed E-state index contributed by atoms with van der Waals surface area (Å²) in [7, 11) is 0. The summed E-state index contributed by atoms with van der Waals surface area (Å²) in [5.74, 6) is 0.660. The van der Waals surface area contributed by atoms with Crippen LogP contribution < -0.4 is 10.1 Å². The molecule has 3 nitrogen and oxygen atoms in total. The van der Waals surface area contributed by atoms with E-state index in [1.165, 1.54) is 41.5 Å². The Bertz CT molecular complexity index is 736. The zero-order chi connectivity index (χ0) is 18.4. The smallest absolute Gasteiger partial charge is 0.258 e. The van der Waals surface area contributed by atoms with Crippen molar-refractivity contribution in [3.8, 4) is 5.75 Å². The van der Waals surface area contributed by atoms with Gasteiger partial charge in [0.1, 0.15) is 5.75 Å². The van der Waals surface area contributed by atoms with Crippen LogP contribution in [0.1, 0.15) is 61.4 Å². The van der Waals surface area contributed by atoms with E-state index in [9.17, 15) is 4.79 Å². The maximum absolute atomic E-state index is 12.3. The van der Waals surface area contributed by atoms with Gasteiger partial charge in [0.15, 0.2) is 6.61 Å². The number of amides is 1. The Balaban J connectivity index is 1.57. The number of nitrogens with one attached hydrogen (secondary N) is 1. The summed E-state index contributed by atoms with van der Waals surface area (Å²) in [6, 6.07) is 14.7. The minimum absolute atomic E-state index is 0.0424. The van der Waals surface area contributed by atoms with Gasteiger partial charge in [-0.05, 0) is 72.9 Å². The van der Waals surface area contributed by atoms with Gasteiger partial charge in [-0.25, -0.2) is 0 Å². The minimum atomic E-state index is -0.0749. The molecule has 0 spiro atoms. The summed E-state index contributed by atoms with van der Waals surface area (Å²) >= 11 is 0. The van der Waals surface area contributed by atoms with E-state index in [2.05, 4.69) is 37.4 Å². The highest BCUT2D eigenvalue weighted by molar-refractivity contribution is 5.78. The highest BCUT2D eigenvalue weighted by atomic mass is 16.5. The molecule has 0 aromatic heterocycles. The van der Waals surface area contributed by atoms with Crippen molar-refractivity contribution in [2.24, 2.45) is 0 Å². The third-order valence-corrected chi connectivity index (χ3v) is 5.22. The van der Waals surface area contributed by atoms with Crippen molar-refractivity contribution in [2.75, 3.05) is 6.61 Å². The molecular weight excluding hydrogens is 322 g/mol. The van der Waals surface area contributed by atoms with Gasteiger partial charge in [0.25, 0.3) is 5.91 Å². The summed E-state index contributed by atoms with van der Waals surface area (Å²) in [4.78, 5) is 12.3. The lowest BCUT2D eigenvalue weighted by Gasteiger charge is -2.21. The van der Waals surface area contributed by atoms with E-state index >= 15 is 0 Å². The quantitative estimate of drug-likeness (QED) is 0.780. The molecule has 1 atom stereocenters. The highest BCUT2D eigenvalue weighted by Crippen LogP contribution is 2.26. The van der Waals surface area contributed by atoms with Crippen LogP contribution in [0, 0.1) is 0 Å². The number of rotatable bonds is 7. The van der Waals surface area contributed by atoms with Gasteiger partial charge in [0, 0.05) is 0 Å². The largest absolute Gasteiger partial charge is 0.484 e. The van der Waals surface area contributed by atoms with Crippen LogP contribution in [0.4, 0.5) is 0 Å². The number of hydrogen-bond acceptors (Lipinski definition) is 2. The second-order valence-corrected chi connectivity index (χ2v) is 7.05. The van der Waals surface area contributed by atoms with Gasteiger partial charge in [0.05, 0.1) is 6.04 Å². The average Bonchev–Trinajstić information content (AvgIpc) is 2.70. The molecule has 1 N–H and O–H groups in total. The van der Waals surface area contributed by atoms with Crippen LogP contribution in [0.25, 0.3) is 0 Å². The van der Waals surface area contributed by atoms with Crippen molar-refractivity contribution >= 4 is 5.91 Å². The number of carbonyl (C=O) groups is 1. The number of ether oxygens (including phenoxy) is 1. The summed E-state index contributed by atoms with van der Waals surface area (Å²) in [5.41, 5.74) is 5.39. The van der Waals surface area contributed by atoms with E-state index in [1.807, 2.05) is 24.3 Å². The van der Waals surface area contributed by atoms with Gasteiger partial charge in [0.2, 0.25) is 0 Å². The third-order valence-electron chi connectivity index (χ3n) is 5.22. The van der Waals surface area contributed by atoms with Crippen LogP contribution in [0.15, 0.2) is 42.5 Å². The fourth-order valence-electron chi connectivity index (χ4n) is 3.60. The second kappa shape index (κ2) is 8.88. The number of benzene rings is 2. The molecule has 1 aliphatic carbocycles. The zero-order valence-electron chi connectivity index (χ0n) is 15.9. The maximum Gasteiger partial charge on any atom is 0.258 e. The maximum atomic E-state index is 12.3. The fourth-order valence-corrected chi connectivity index (χ4v) is 3.60. The summed E-state index contributed by atoms with van der Waals surface area (Å²) in [5, 5.41) is 3.12. The molecule has 3 heteroatoms. The van der Waals surface area contributed by atoms with Crippen molar-refractivity contribution in [3.05, 3.63) is 64.7 Å². The molecule has 138 valence electrons. The van der Waals surface area contributed by atoms with Crippen molar-refractivity contribution in [3.63, 3.8) is 0 Å². The number of aryl methyl sites for hydroxylation is 3. The normalized spacial score (nSPS) is 14.4. The van der Waals surface area contributed by atoms with Crippen LogP contribution >= 0.6 is 0 Å². The Morgan fingerprint density at radius 1 is 1.04 bits per heavy atom. The Kier molecular flexibility index (Phi) is 6.32. The highest BCUT2D eigenvalue weighted by Gasteiger charge is 2.16. The monoisotopic (exact) mass is 351 g/mol. The van der Waals surface area contributed by atoms with Crippen molar-refractivity contribution < 1.29 is 9.53 Å². The molecule has 1 aliphatic rings. The number of hydrogen-bond donors (Lipinski definition) is 1. The second-order valence-electron chi connectivity index (χ2n) is 7.05. The van der Waals surface area contributed by atoms with Crippen LogP contribution in [0.2, 0.25) is 0 Å². The predicted octanol–water partition coefficient (Wildman–Crippen LogP) is 4.77. The molecular formula is C23H29NO2. The lowest BCUT2D eigenvalue weighted by Crippen LogP contribution is -2.32. The van der Waals surface area contributed by atoms with E-state index in [0.29, 0.717) is 0 Å². The lowest BCUT2D eigenvalue weighted by molar-refractivity contribution is -0.123. The molecule has 0 saturated heterocycles. The lowest BCUT2D eigenvalue weighted by atomic mass is 9.89. The topological polar surface area (TPSA) is 38.3 Å². The Morgan fingerprint density at radius 3 is 2.46 bits per heavy atom. The molecule has 2 aromatic rings. The van der Waals surface area contributed by atoms with Crippen LogP contribution in [0.5, 0.6) is 5.75 Å². The molecule has 1 unspecified atom stereocenters. The van der Waals surface area contributed by atoms with E-state index in [-0.39, 0.29) is 18.6 Å².